The van der Waals surface area contributed by atoms with Gasteiger partial charge in [-0.3, -0.25) is 4.79 Å². The highest BCUT2D eigenvalue weighted by Gasteiger charge is 2.16. The van der Waals surface area contributed by atoms with Crippen LogP contribution in [0.5, 0.6) is 0 Å². The summed E-state index contributed by atoms with van der Waals surface area (Å²) in [6, 6.07) is 0. The minimum Gasteiger partial charge on any atom is -0.409 e. The van der Waals surface area contributed by atoms with Crippen LogP contribution in [-0.2, 0) is 14.6 Å². The van der Waals surface area contributed by atoms with E-state index in [1.165, 1.54) is 6.92 Å². The first-order valence-corrected chi connectivity index (χ1v) is 6.77. The fourth-order valence-electron chi connectivity index (χ4n) is 0.920. The summed E-state index contributed by atoms with van der Waals surface area (Å²) >= 11 is 0. The first-order valence-electron chi connectivity index (χ1n) is 4.70. The highest BCUT2D eigenvalue weighted by molar-refractivity contribution is 7.90. The Labute approximate surface area is 94.6 Å². The standard InChI is InChI=1S/C8H17N3O4S/c1-6(7(9)11-13)8(12)10-4-3-5-16(2,14)15/h6,13H,3-5H2,1-2H3,(H2,9,11)(H,10,12). The monoisotopic (exact) mass is 251 g/mol. The molecule has 0 radical (unpaired) electrons. The van der Waals surface area contributed by atoms with Crippen molar-refractivity contribution >= 4 is 21.6 Å². The molecule has 0 saturated carbocycles. The topological polar surface area (TPSA) is 122 Å². The van der Waals surface area contributed by atoms with E-state index >= 15 is 0 Å². The quantitative estimate of drug-likeness (QED) is 0.182. The van der Waals surface area contributed by atoms with E-state index in [4.69, 9.17) is 10.9 Å². The van der Waals surface area contributed by atoms with E-state index in [2.05, 4.69) is 10.5 Å². The van der Waals surface area contributed by atoms with E-state index < -0.39 is 21.7 Å². The molecule has 0 aromatic carbocycles. The highest BCUT2D eigenvalue weighted by atomic mass is 32.2. The van der Waals surface area contributed by atoms with Crippen molar-refractivity contribution in [1.82, 2.24) is 5.32 Å². The number of nitrogens with one attached hydrogen (secondary N) is 1. The van der Waals surface area contributed by atoms with Gasteiger partial charge in [-0.15, -0.1) is 0 Å². The van der Waals surface area contributed by atoms with Crippen molar-refractivity contribution in [2.75, 3.05) is 18.6 Å². The third kappa shape index (κ3) is 6.23. The molecule has 0 aliphatic heterocycles. The lowest BCUT2D eigenvalue weighted by Gasteiger charge is -2.10. The van der Waals surface area contributed by atoms with Gasteiger partial charge in [-0.05, 0) is 13.3 Å². The Morgan fingerprint density at radius 2 is 2.12 bits per heavy atom. The number of carbonyl (C=O) groups is 1. The minimum atomic E-state index is -3.00. The Bertz CT molecular complexity index is 363. The smallest absolute Gasteiger partial charge is 0.230 e. The number of hydrogen-bond acceptors (Lipinski definition) is 5. The third-order valence-electron chi connectivity index (χ3n) is 1.94. The largest absolute Gasteiger partial charge is 0.409 e. The molecule has 0 aliphatic carbocycles. The highest BCUT2D eigenvalue weighted by Crippen LogP contribution is 1.95. The van der Waals surface area contributed by atoms with Gasteiger partial charge in [0.05, 0.1) is 11.7 Å². The fraction of sp³-hybridized carbons (Fsp3) is 0.750. The number of nitrogens with two attached hydrogens (primary N) is 1. The average molecular weight is 251 g/mol. The van der Waals surface area contributed by atoms with Gasteiger partial charge in [0.25, 0.3) is 0 Å². The van der Waals surface area contributed by atoms with E-state index in [9.17, 15) is 13.2 Å². The molecule has 8 heteroatoms. The molecule has 0 spiro atoms. The SMILES string of the molecule is CC(C(=O)NCCCS(C)(=O)=O)C(N)=NO. The zero-order valence-electron chi connectivity index (χ0n) is 9.30. The van der Waals surface area contributed by atoms with Crippen molar-refractivity contribution in [2.24, 2.45) is 16.8 Å². The average Bonchev–Trinajstić information content (AvgIpc) is 2.20. The van der Waals surface area contributed by atoms with E-state index in [1.807, 2.05) is 0 Å². The molecule has 1 atom stereocenters. The molecule has 0 saturated heterocycles. The summed E-state index contributed by atoms with van der Waals surface area (Å²) < 4.78 is 21.6. The maximum atomic E-state index is 11.3. The second-order valence-electron chi connectivity index (χ2n) is 3.52. The molecule has 0 aliphatic rings. The zero-order valence-corrected chi connectivity index (χ0v) is 10.1. The molecule has 4 N–H and O–H groups in total. The van der Waals surface area contributed by atoms with E-state index in [0.717, 1.165) is 6.26 Å². The number of hydrogen-bond donors (Lipinski definition) is 3. The van der Waals surface area contributed by atoms with Crippen molar-refractivity contribution in [2.45, 2.75) is 13.3 Å². The first kappa shape index (κ1) is 14.7. The van der Waals surface area contributed by atoms with Crippen molar-refractivity contribution in [3.8, 4) is 0 Å². The van der Waals surface area contributed by atoms with Crippen LogP contribution >= 0.6 is 0 Å². The molecule has 16 heavy (non-hydrogen) atoms. The molecule has 0 aromatic heterocycles. The van der Waals surface area contributed by atoms with E-state index in [-0.39, 0.29) is 18.1 Å². The van der Waals surface area contributed by atoms with Gasteiger partial charge in [-0.1, -0.05) is 5.16 Å². The van der Waals surface area contributed by atoms with Gasteiger partial charge >= 0.3 is 0 Å². The van der Waals surface area contributed by atoms with Crippen LogP contribution in [0.2, 0.25) is 0 Å². The Morgan fingerprint density at radius 3 is 2.56 bits per heavy atom. The summed E-state index contributed by atoms with van der Waals surface area (Å²) in [6.45, 7) is 1.73. The van der Waals surface area contributed by atoms with Gasteiger partial charge in [0.15, 0.2) is 5.84 Å². The zero-order chi connectivity index (χ0) is 12.8. The molecule has 7 nitrogen and oxygen atoms in total. The summed E-state index contributed by atoms with van der Waals surface area (Å²) in [5, 5.41) is 13.5. The lowest BCUT2D eigenvalue weighted by molar-refractivity contribution is -0.122. The second kappa shape index (κ2) is 6.31. The lowest BCUT2D eigenvalue weighted by atomic mass is 10.1. The van der Waals surface area contributed by atoms with Crippen LogP contribution in [0.4, 0.5) is 0 Å². The number of oxime groups is 1. The van der Waals surface area contributed by atoms with Gasteiger partial charge in [0.2, 0.25) is 5.91 Å². The van der Waals surface area contributed by atoms with Crippen molar-refractivity contribution < 1.29 is 18.4 Å². The van der Waals surface area contributed by atoms with Gasteiger partial charge in [0, 0.05) is 12.8 Å². The third-order valence-corrected chi connectivity index (χ3v) is 2.97. The van der Waals surface area contributed by atoms with E-state index in [1.54, 1.807) is 0 Å². The molecule has 1 amide bonds. The number of nitrogens with zero attached hydrogens (tertiary/aromatic N) is 1. The van der Waals surface area contributed by atoms with Crippen molar-refractivity contribution in [3.05, 3.63) is 0 Å². The molecule has 0 aromatic rings. The molecular formula is C8H17N3O4S. The Morgan fingerprint density at radius 1 is 1.56 bits per heavy atom. The number of rotatable bonds is 6. The predicted molar refractivity (Wildman–Crippen MR) is 59.9 cm³/mol. The summed E-state index contributed by atoms with van der Waals surface area (Å²) in [5.41, 5.74) is 5.23. The number of amidine groups is 1. The molecule has 0 heterocycles. The number of sulfone groups is 1. The predicted octanol–water partition coefficient (Wildman–Crippen LogP) is -1.08. The molecule has 94 valence electrons. The summed E-state index contributed by atoms with van der Waals surface area (Å²) in [7, 11) is -3.00. The Kier molecular flexibility index (Phi) is 5.79. The fourth-order valence-corrected chi connectivity index (χ4v) is 1.59. The summed E-state index contributed by atoms with van der Waals surface area (Å²) in [5.74, 6) is -1.29. The van der Waals surface area contributed by atoms with Crippen molar-refractivity contribution in [1.29, 1.82) is 0 Å². The molecule has 0 rings (SSSR count). The minimum absolute atomic E-state index is 0.0191. The lowest BCUT2D eigenvalue weighted by Crippen LogP contribution is -2.37. The van der Waals surface area contributed by atoms with Gasteiger partial charge in [-0.25, -0.2) is 8.42 Å². The maximum Gasteiger partial charge on any atom is 0.230 e. The van der Waals surface area contributed by atoms with Crippen LogP contribution in [-0.4, -0.2) is 43.9 Å². The van der Waals surface area contributed by atoms with Gasteiger partial charge < -0.3 is 16.3 Å². The first-order chi connectivity index (χ1) is 7.28. The van der Waals surface area contributed by atoms with E-state index in [0.29, 0.717) is 6.42 Å². The second-order valence-corrected chi connectivity index (χ2v) is 5.78. The molecule has 1 unspecified atom stereocenters. The summed E-state index contributed by atoms with van der Waals surface area (Å²) in [4.78, 5) is 11.3. The van der Waals surface area contributed by atoms with Crippen LogP contribution in [0.15, 0.2) is 5.16 Å². The van der Waals surface area contributed by atoms with Gasteiger partial charge in [-0.2, -0.15) is 0 Å². The number of amides is 1. The Hall–Kier alpha value is -1.31. The molecule has 0 fully saturated rings. The van der Waals surface area contributed by atoms with Gasteiger partial charge in [0.1, 0.15) is 9.84 Å². The van der Waals surface area contributed by atoms with Crippen LogP contribution < -0.4 is 11.1 Å². The van der Waals surface area contributed by atoms with Crippen molar-refractivity contribution in [3.63, 3.8) is 0 Å². The molecule has 0 bridgehead atoms. The van der Waals surface area contributed by atoms with Crippen LogP contribution in [0, 0.1) is 5.92 Å². The van der Waals surface area contributed by atoms with Crippen LogP contribution in [0.3, 0.4) is 0 Å². The summed E-state index contributed by atoms with van der Waals surface area (Å²) in [6.07, 6.45) is 1.47. The number of carbonyl (C=O) groups excluding carboxylic acids is 1. The Balaban J connectivity index is 3.92. The normalized spacial score (nSPS) is 14.5. The maximum absolute atomic E-state index is 11.3. The molecular weight excluding hydrogens is 234 g/mol. The van der Waals surface area contributed by atoms with Crippen LogP contribution in [0.1, 0.15) is 13.3 Å². The van der Waals surface area contributed by atoms with Crippen LogP contribution in [0.25, 0.3) is 0 Å².